The van der Waals surface area contributed by atoms with Gasteiger partial charge in [0.2, 0.25) is 0 Å². The zero-order valence-electron chi connectivity index (χ0n) is 30.9. The summed E-state index contributed by atoms with van der Waals surface area (Å²) < 4.78 is 4.03. The van der Waals surface area contributed by atoms with Crippen LogP contribution in [0.2, 0.25) is 3.12 Å². The summed E-state index contributed by atoms with van der Waals surface area (Å²) in [5.74, 6) is 1.97. The minimum atomic E-state index is -2.58. The Morgan fingerprint density at radius 2 is 1.46 bits per heavy atom. The Balaban J connectivity index is 0.00000240. The maximum Gasteiger partial charge on any atom is -1.00 e. The molecule has 0 aromatic heterocycles. The van der Waals surface area contributed by atoms with E-state index in [1.807, 2.05) is 12.1 Å². The topological polar surface area (TPSA) is 0 Å². The van der Waals surface area contributed by atoms with Crippen molar-refractivity contribution in [3.63, 3.8) is 0 Å². The average molecular weight is 739 g/mol. The van der Waals surface area contributed by atoms with Crippen molar-refractivity contribution in [2.24, 2.45) is 39.4 Å². The van der Waals surface area contributed by atoms with Gasteiger partial charge in [-0.25, -0.2) is 0 Å². The van der Waals surface area contributed by atoms with Crippen molar-refractivity contribution in [1.29, 1.82) is 0 Å². The van der Waals surface area contributed by atoms with Crippen LogP contribution in [0.3, 0.4) is 0 Å². The van der Waals surface area contributed by atoms with Crippen molar-refractivity contribution in [2.75, 3.05) is 0 Å². The first-order valence-electron chi connectivity index (χ1n) is 17.9. The molecule has 0 radical (unpaired) electrons. The third-order valence-corrected chi connectivity index (χ3v) is 24.3. The largest absolute Gasteiger partial charge is 1.00 e. The van der Waals surface area contributed by atoms with Gasteiger partial charge in [0.1, 0.15) is 0 Å². The predicted molar refractivity (Wildman–Crippen MR) is 190 cm³/mol. The molecule has 1 aromatic carbocycles. The summed E-state index contributed by atoms with van der Waals surface area (Å²) in [4.78, 5) is 0. The summed E-state index contributed by atoms with van der Waals surface area (Å²) in [5.41, 5.74) is 10.5. The maximum atomic E-state index is 2.86. The second-order valence-electron chi connectivity index (χ2n) is 17.8. The third kappa shape index (κ3) is 5.00. The van der Waals surface area contributed by atoms with E-state index in [1.165, 1.54) is 37.7 Å². The molecule has 0 heterocycles. The Labute approximate surface area is 302 Å². The molecule has 0 saturated heterocycles. The van der Waals surface area contributed by atoms with Gasteiger partial charge in [0, 0.05) is 0 Å². The monoisotopic (exact) mass is 736 g/mol. The van der Waals surface area contributed by atoms with E-state index in [9.17, 15) is 0 Å². The van der Waals surface area contributed by atoms with E-state index < -0.39 is 21.3 Å². The summed E-state index contributed by atoms with van der Waals surface area (Å²) in [6.45, 7) is 31.8. The average Bonchev–Trinajstić information content (AvgIpc) is 3.60. The smallest absolute Gasteiger partial charge is 1.00 e. The van der Waals surface area contributed by atoms with Crippen molar-refractivity contribution in [3.05, 3.63) is 85.8 Å². The first-order valence-corrected chi connectivity index (χ1v) is 21.5. The van der Waals surface area contributed by atoms with Gasteiger partial charge in [-0.1, -0.05) is 0 Å². The van der Waals surface area contributed by atoms with Crippen molar-refractivity contribution < 1.29 is 46.1 Å². The van der Waals surface area contributed by atoms with Gasteiger partial charge in [-0.15, -0.1) is 0 Å². The van der Waals surface area contributed by atoms with Crippen LogP contribution in [-0.2, 0) is 27.7 Å². The fourth-order valence-electron chi connectivity index (χ4n) is 11.2. The van der Waals surface area contributed by atoms with Crippen LogP contribution in [0.4, 0.5) is 0 Å². The molecule has 1 aromatic rings. The van der Waals surface area contributed by atoms with Crippen LogP contribution in [0, 0.1) is 39.4 Å². The summed E-state index contributed by atoms with van der Waals surface area (Å²) in [7, 11) is 0. The molecule has 0 aliphatic heterocycles. The van der Waals surface area contributed by atoms with E-state index in [0.717, 1.165) is 6.42 Å². The van der Waals surface area contributed by atoms with Gasteiger partial charge in [0.25, 0.3) is 0 Å². The van der Waals surface area contributed by atoms with Crippen molar-refractivity contribution in [3.8, 4) is 0 Å². The Kier molecular flexibility index (Phi) is 10.6. The Hall–Kier alpha value is -0.747. The minimum absolute atomic E-state index is 0. The molecule has 250 valence electrons. The van der Waals surface area contributed by atoms with E-state index in [4.69, 9.17) is 0 Å². The molecular weight excluding hydrogens is 679 g/mol. The molecule has 1 fully saturated rings. The van der Waals surface area contributed by atoms with Crippen LogP contribution >= 0.6 is 0 Å². The predicted octanol–water partition coefficient (Wildman–Crippen LogP) is 6.28. The molecule has 0 amide bonds. The fraction of sp³-hybridized carbons (Fsp3) is 0.605. The number of rotatable bonds is 6. The standard InChI is InChI=1S/C29H37.C9H18.C5H5.2ClH.Zr/c1-18-25-22-17-19-13-9-10-14-20(19)24(22)21-15-11-12-16-23(21)29(25,8)28(6,7)27(4,5)26(18,2)3;1-8(2)6-5-7-9(3)4;1-2-4-5-3-1;;;/h9-11,13-15,23H,12,16-17H2,1-8H3;8-9H,6-7H2,1-4H3;1-3H,4H2;2*1H;/q;;;;;+2/p-2. The van der Waals surface area contributed by atoms with Crippen LogP contribution in [0.15, 0.2) is 74.6 Å². The molecule has 1 saturated carbocycles. The van der Waals surface area contributed by atoms with Crippen molar-refractivity contribution in [2.45, 2.75) is 125 Å². The Morgan fingerprint density at radius 1 is 0.826 bits per heavy atom. The minimum Gasteiger partial charge on any atom is -1.00 e. The quantitative estimate of drug-likeness (QED) is 0.323. The van der Waals surface area contributed by atoms with E-state index >= 15 is 0 Å². The first kappa shape index (κ1) is 38.1. The number of hydrogen-bond donors (Lipinski definition) is 0. The second kappa shape index (κ2) is 12.9. The molecule has 0 N–H and O–H groups in total. The van der Waals surface area contributed by atoms with Gasteiger partial charge in [-0.2, -0.15) is 0 Å². The van der Waals surface area contributed by atoms with E-state index in [-0.39, 0.29) is 49.6 Å². The normalized spacial score (nSPS) is 29.2. The molecule has 3 atom stereocenters. The summed E-state index contributed by atoms with van der Waals surface area (Å²) in [5, 5.41) is 0. The van der Waals surface area contributed by atoms with Crippen LogP contribution in [0.1, 0.15) is 126 Å². The Morgan fingerprint density at radius 3 is 2.04 bits per heavy atom. The van der Waals surface area contributed by atoms with Crippen LogP contribution in [0.25, 0.3) is 5.57 Å². The van der Waals surface area contributed by atoms with Crippen molar-refractivity contribution in [1.82, 2.24) is 0 Å². The zero-order valence-corrected chi connectivity index (χ0v) is 34.9. The van der Waals surface area contributed by atoms with E-state index in [0.29, 0.717) is 17.8 Å². The molecule has 5 aliphatic rings. The molecule has 5 aliphatic carbocycles. The molecule has 0 spiro atoms. The summed E-state index contributed by atoms with van der Waals surface area (Å²) in [6, 6.07) is 9.46. The summed E-state index contributed by atoms with van der Waals surface area (Å²) in [6.07, 6.45) is 20.0. The van der Waals surface area contributed by atoms with E-state index in [2.05, 4.69) is 138 Å². The number of allylic oxidation sites excluding steroid dienone is 10. The van der Waals surface area contributed by atoms with Crippen LogP contribution in [0.5, 0.6) is 0 Å². The van der Waals surface area contributed by atoms with Crippen LogP contribution < -0.4 is 24.8 Å². The molecule has 3 unspecified atom stereocenters. The number of fused-ring (bicyclic) bond motifs is 6. The third-order valence-electron chi connectivity index (χ3n) is 14.5. The van der Waals surface area contributed by atoms with Gasteiger partial charge in [0.05, 0.1) is 0 Å². The van der Waals surface area contributed by atoms with Gasteiger partial charge >= 0.3 is 280 Å². The fourth-order valence-corrected chi connectivity index (χ4v) is 24.0. The SMILES string of the molecule is CC(C)C[C](CC(C)C)=[Zr+2]([C]1=CC=CC1)[C]1(C)C2=C3Cc4ccccc4C3=C3C=CCCC3C2(C)C(C)(C)C(C)(C)C1(C)C.[Cl-].[Cl-]. The molecule has 0 nitrogen and oxygen atoms in total. The van der Waals surface area contributed by atoms with Gasteiger partial charge in [0.15, 0.2) is 0 Å². The number of halogens is 2. The second-order valence-corrected chi connectivity index (χ2v) is 25.4. The molecule has 46 heavy (non-hydrogen) atoms. The zero-order chi connectivity index (χ0) is 32.0. The maximum absolute atomic E-state index is 2.86. The van der Waals surface area contributed by atoms with Crippen molar-refractivity contribution >= 4 is 8.78 Å². The van der Waals surface area contributed by atoms with Gasteiger partial charge in [-0.05, 0) is 0 Å². The van der Waals surface area contributed by atoms with Gasteiger partial charge < -0.3 is 24.8 Å². The molecular formula is C43H60Cl2Zr. The number of hydrogen-bond acceptors (Lipinski definition) is 0. The van der Waals surface area contributed by atoms with Gasteiger partial charge in [-0.3, -0.25) is 0 Å². The van der Waals surface area contributed by atoms with E-state index in [1.54, 1.807) is 22.3 Å². The Bertz CT molecular complexity index is 1560. The van der Waals surface area contributed by atoms with Crippen LogP contribution in [-0.4, -0.2) is 3.21 Å². The summed E-state index contributed by atoms with van der Waals surface area (Å²) >= 11 is -2.58. The number of benzene rings is 1. The molecule has 3 heteroatoms. The molecule has 0 bridgehead atoms. The first-order chi connectivity index (χ1) is 20.5. The molecule has 6 rings (SSSR count).